The number of ether oxygens (including phenoxy) is 1. The molecule has 2 rings (SSSR count). The van der Waals surface area contributed by atoms with E-state index in [9.17, 15) is 4.39 Å². The number of aromatic nitrogens is 1. The first-order valence-corrected chi connectivity index (χ1v) is 6.48. The number of halogens is 1. The Labute approximate surface area is 119 Å². The monoisotopic (exact) mass is 279 g/mol. The van der Waals surface area contributed by atoms with E-state index in [1.54, 1.807) is 12.1 Å². The Kier molecular flexibility index (Phi) is 3.89. The van der Waals surface area contributed by atoms with Crippen LogP contribution in [0.25, 0.3) is 6.08 Å². The summed E-state index contributed by atoms with van der Waals surface area (Å²) in [6.07, 6.45) is 3.02. The van der Waals surface area contributed by atoms with Crippen molar-refractivity contribution in [1.82, 2.24) is 4.98 Å². The number of nitrogens with zero attached hydrogens (tertiary/aromatic N) is 1. The van der Waals surface area contributed by atoms with Crippen LogP contribution < -0.4 is 4.74 Å². The molecule has 0 bridgehead atoms. The van der Waals surface area contributed by atoms with Crippen molar-refractivity contribution in [3.05, 3.63) is 29.7 Å². The third kappa shape index (κ3) is 2.86. The van der Waals surface area contributed by atoms with Gasteiger partial charge in [-0.15, -0.1) is 0 Å². The number of hydrogen-bond donors (Lipinski definition) is 0. The summed E-state index contributed by atoms with van der Waals surface area (Å²) in [5.74, 6) is 1.60. The van der Waals surface area contributed by atoms with Gasteiger partial charge in [0.05, 0.1) is 30.2 Å². The van der Waals surface area contributed by atoms with Crippen LogP contribution in [0.5, 0.6) is 5.75 Å². The molecule has 1 aliphatic rings. The van der Waals surface area contributed by atoms with Gasteiger partial charge in [-0.3, -0.25) is 0 Å². The van der Waals surface area contributed by atoms with Crippen molar-refractivity contribution in [2.24, 2.45) is 0 Å². The molecule has 2 heterocycles. The largest absolute Gasteiger partial charge is 0.495 e. The SMILES string of the molecule is COc1cnc(/C=C/B2OC(C)(C)C(C)(C)O2)c(F)c1. The van der Waals surface area contributed by atoms with Gasteiger partial charge in [0.1, 0.15) is 5.75 Å². The molecule has 0 aromatic carbocycles. The molecule has 1 aromatic rings. The van der Waals surface area contributed by atoms with Gasteiger partial charge >= 0.3 is 7.12 Å². The van der Waals surface area contributed by atoms with Crippen LogP contribution in [-0.2, 0) is 9.31 Å². The second-order valence-corrected chi connectivity index (χ2v) is 5.73. The van der Waals surface area contributed by atoms with E-state index in [4.69, 9.17) is 14.0 Å². The molecule has 0 radical (unpaired) electrons. The average molecular weight is 279 g/mol. The number of methoxy groups -OCH3 is 1. The van der Waals surface area contributed by atoms with Gasteiger partial charge in [-0.25, -0.2) is 9.37 Å². The van der Waals surface area contributed by atoms with Crippen LogP contribution in [0.15, 0.2) is 18.2 Å². The van der Waals surface area contributed by atoms with Crippen molar-refractivity contribution in [3.63, 3.8) is 0 Å². The average Bonchev–Trinajstić information content (AvgIpc) is 2.56. The molecule has 1 aromatic heterocycles. The Bertz CT molecular complexity index is 515. The summed E-state index contributed by atoms with van der Waals surface area (Å²) in [4.78, 5) is 3.98. The van der Waals surface area contributed by atoms with Gasteiger partial charge in [0.2, 0.25) is 0 Å². The molecule has 0 saturated carbocycles. The molecule has 0 N–H and O–H groups in total. The van der Waals surface area contributed by atoms with Crippen molar-refractivity contribution in [2.75, 3.05) is 7.11 Å². The highest BCUT2D eigenvalue weighted by Gasteiger charge is 2.50. The normalized spacial score (nSPS) is 20.6. The van der Waals surface area contributed by atoms with Crippen molar-refractivity contribution in [1.29, 1.82) is 0 Å². The van der Waals surface area contributed by atoms with Crippen LogP contribution in [0.3, 0.4) is 0 Å². The maximum Gasteiger partial charge on any atom is 0.487 e. The molecule has 1 saturated heterocycles. The van der Waals surface area contributed by atoms with E-state index in [1.165, 1.54) is 19.4 Å². The standard InChI is InChI=1S/C14H19BFNO3/c1-13(2)14(3,4)20-15(19-13)7-6-12-11(16)8-10(18-5)9-17-12/h6-9H,1-5H3/b7-6+. The Morgan fingerprint density at radius 3 is 2.35 bits per heavy atom. The summed E-state index contributed by atoms with van der Waals surface area (Å²) >= 11 is 0. The van der Waals surface area contributed by atoms with Crippen molar-refractivity contribution in [2.45, 2.75) is 38.9 Å². The van der Waals surface area contributed by atoms with Crippen molar-refractivity contribution in [3.8, 4) is 5.75 Å². The van der Waals surface area contributed by atoms with Gasteiger partial charge < -0.3 is 14.0 Å². The summed E-state index contributed by atoms with van der Waals surface area (Å²) in [7, 11) is 0.958. The first kappa shape index (κ1) is 15.0. The third-order valence-corrected chi connectivity index (χ3v) is 3.76. The first-order chi connectivity index (χ1) is 9.25. The van der Waals surface area contributed by atoms with E-state index < -0.39 is 24.1 Å². The van der Waals surface area contributed by atoms with E-state index >= 15 is 0 Å². The molecule has 0 aliphatic carbocycles. The second kappa shape index (κ2) is 5.18. The molecule has 0 amide bonds. The Balaban J connectivity index is 2.12. The molecule has 4 nitrogen and oxygen atoms in total. The Hall–Kier alpha value is -1.40. The van der Waals surface area contributed by atoms with Crippen LogP contribution in [0, 0.1) is 5.82 Å². The lowest BCUT2D eigenvalue weighted by molar-refractivity contribution is 0.00578. The minimum Gasteiger partial charge on any atom is -0.495 e. The lowest BCUT2D eigenvalue weighted by Crippen LogP contribution is -2.41. The molecule has 0 spiro atoms. The number of rotatable bonds is 3. The number of pyridine rings is 1. The zero-order chi connectivity index (χ0) is 15.0. The zero-order valence-corrected chi connectivity index (χ0v) is 12.4. The van der Waals surface area contributed by atoms with E-state index in [1.807, 2.05) is 27.7 Å². The minimum atomic E-state index is -0.511. The predicted molar refractivity (Wildman–Crippen MR) is 75.9 cm³/mol. The van der Waals surface area contributed by atoms with Crippen LogP contribution in [-0.4, -0.2) is 30.4 Å². The molecular formula is C14H19BFNO3. The van der Waals surface area contributed by atoms with Crippen LogP contribution in [0.4, 0.5) is 4.39 Å². The van der Waals surface area contributed by atoms with E-state index in [0.717, 1.165) is 0 Å². The van der Waals surface area contributed by atoms with Crippen LogP contribution >= 0.6 is 0 Å². The lowest BCUT2D eigenvalue weighted by Gasteiger charge is -2.32. The van der Waals surface area contributed by atoms with Gasteiger partial charge in [0.15, 0.2) is 5.82 Å². The molecule has 6 heteroatoms. The second-order valence-electron chi connectivity index (χ2n) is 5.73. The summed E-state index contributed by atoms with van der Waals surface area (Å²) in [6, 6.07) is 1.29. The smallest absolute Gasteiger partial charge is 0.487 e. The highest BCUT2D eigenvalue weighted by Crippen LogP contribution is 2.37. The van der Waals surface area contributed by atoms with Crippen LogP contribution in [0.2, 0.25) is 0 Å². The molecule has 20 heavy (non-hydrogen) atoms. The zero-order valence-electron chi connectivity index (χ0n) is 12.4. The van der Waals surface area contributed by atoms with Crippen molar-refractivity contribution < 1.29 is 18.4 Å². The van der Waals surface area contributed by atoms with Crippen molar-refractivity contribution >= 4 is 13.2 Å². The Morgan fingerprint density at radius 1 is 1.25 bits per heavy atom. The quantitative estimate of drug-likeness (QED) is 0.798. The molecule has 1 aliphatic heterocycles. The lowest BCUT2D eigenvalue weighted by atomic mass is 9.89. The van der Waals surface area contributed by atoms with E-state index in [0.29, 0.717) is 5.75 Å². The maximum absolute atomic E-state index is 13.7. The topological polar surface area (TPSA) is 40.6 Å². The summed E-state index contributed by atoms with van der Waals surface area (Å²) in [5.41, 5.74) is -0.595. The fourth-order valence-corrected chi connectivity index (χ4v) is 1.80. The summed E-state index contributed by atoms with van der Waals surface area (Å²) in [6.45, 7) is 7.86. The summed E-state index contributed by atoms with van der Waals surface area (Å²) < 4.78 is 30.2. The molecule has 0 unspecified atom stereocenters. The van der Waals surface area contributed by atoms with Gasteiger partial charge in [-0.1, -0.05) is 5.98 Å². The van der Waals surface area contributed by atoms with E-state index in [-0.39, 0.29) is 5.69 Å². The predicted octanol–water partition coefficient (Wildman–Crippen LogP) is 2.87. The molecular weight excluding hydrogens is 260 g/mol. The fourth-order valence-electron chi connectivity index (χ4n) is 1.80. The van der Waals surface area contributed by atoms with Gasteiger partial charge in [-0.05, 0) is 33.8 Å². The van der Waals surface area contributed by atoms with E-state index in [2.05, 4.69) is 4.98 Å². The third-order valence-electron chi connectivity index (χ3n) is 3.76. The summed E-state index contributed by atoms with van der Waals surface area (Å²) in [5, 5.41) is 0. The van der Waals surface area contributed by atoms with Gasteiger partial charge in [-0.2, -0.15) is 0 Å². The maximum atomic E-state index is 13.7. The number of hydrogen-bond acceptors (Lipinski definition) is 4. The highest BCUT2D eigenvalue weighted by molar-refractivity contribution is 6.52. The first-order valence-electron chi connectivity index (χ1n) is 6.48. The fraction of sp³-hybridized carbons (Fsp3) is 0.500. The van der Waals surface area contributed by atoms with Gasteiger partial charge in [0, 0.05) is 6.07 Å². The van der Waals surface area contributed by atoms with Crippen LogP contribution in [0.1, 0.15) is 33.4 Å². The molecule has 1 fully saturated rings. The minimum absolute atomic E-state index is 0.223. The molecule has 0 atom stereocenters. The Morgan fingerprint density at radius 2 is 1.85 bits per heavy atom. The molecule has 108 valence electrons. The highest BCUT2D eigenvalue weighted by atomic mass is 19.1. The van der Waals surface area contributed by atoms with Gasteiger partial charge in [0.25, 0.3) is 0 Å².